The minimum Gasteiger partial charge on any atom is -0.496 e. The molecule has 5 rings (SSSR count). The quantitative estimate of drug-likeness (QED) is 0.492. The molecule has 6 nitrogen and oxygen atoms in total. The van der Waals surface area contributed by atoms with Crippen molar-refractivity contribution in [2.24, 2.45) is 11.8 Å². The average molecular weight is 421 g/mol. The van der Waals surface area contributed by atoms with E-state index in [0.717, 1.165) is 71.0 Å². The zero-order valence-corrected chi connectivity index (χ0v) is 19.0. The van der Waals surface area contributed by atoms with Crippen LogP contribution in [0.2, 0.25) is 0 Å². The molecule has 31 heavy (non-hydrogen) atoms. The summed E-state index contributed by atoms with van der Waals surface area (Å²) in [4.78, 5) is 12.5. The van der Waals surface area contributed by atoms with E-state index in [2.05, 4.69) is 22.4 Å². The van der Waals surface area contributed by atoms with Gasteiger partial charge in [0, 0.05) is 25.5 Å². The summed E-state index contributed by atoms with van der Waals surface area (Å²) >= 11 is 0. The van der Waals surface area contributed by atoms with Crippen molar-refractivity contribution in [3.8, 4) is 22.8 Å². The van der Waals surface area contributed by atoms with Gasteiger partial charge >= 0.3 is 0 Å². The number of anilines is 1. The second-order valence-electron chi connectivity index (χ2n) is 9.04. The molecule has 0 aliphatic heterocycles. The largest absolute Gasteiger partial charge is 0.496 e. The third-order valence-electron chi connectivity index (χ3n) is 6.46. The number of imidazole rings is 1. The van der Waals surface area contributed by atoms with Crippen LogP contribution in [0.1, 0.15) is 43.9 Å². The Hall–Kier alpha value is -2.76. The Kier molecular flexibility index (Phi) is 5.24. The van der Waals surface area contributed by atoms with E-state index < -0.39 is 0 Å². The van der Waals surface area contributed by atoms with Crippen LogP contribution >= 0.6 is 0 Å². The highest BCUT2D eigenvalue weighted by Crippen LogP contribution is 2.42. The SMILES string of the molecule is CCc1nc2c(-c3c(OC)cc(C)cc3OC)nccn2c1N(CC1CC1)CC1CC1. The first-order valence-electron chi connectivity index (χ1n) is 11.5. The molecule has 164 valence electrons. The minimum atomic E-state index is 0.757. The lowest BCUT2D eigenvalue weighted by molar-refractivity contribution is 0.396. The summed E-state index contributed by atoms with van der Waals surface area (Å²) in [6.45, 7) is 6.50. The van der Waals surface area contributed by atoms with Crippen LogP contribution in [0.25, 0.3) is 16.9 Å². The third-order valence-corrected chi connectivity index (χ3v) is 6.46. The fourth-order valence-electron chi connectivity index (χ4n) is 4.51. The van der Waals surface area contributed by atoms with Gasteiger partial charge in [0.15, 0.2) is 5.65 Å². The molecule has 0 atom stereocenters. The molecule has 2 heterocycles. The van der Waals surface area contributed by atoms with Gasteiger partial charge in [-0.1, -0.05) is 6.92 Å². The van der Waals surface area contributed by atoms with Crippen LogP contribution < -0.4 is 14.4 Å². The minimum absolute atomic E-state index is 0.757. The molecule has 2 saturated carbocycles. The normalized spacial score (nSPS) is 16.0. The molecular formula is C25H32N4O2. The van der Waals surface area contributed by atoms with E-state index >= 15 is 0 Å². The standard InChI is InChI=1S/C25H32N4O2/c1-5-19-25(28(14-17-6-7-17)15-18-8-9-18)29-11-10-26-23(24(29)27-19)22-20(30-3)12-16(2)13-21(22)31-4/h10-13,17-18H,5-9,14-15H2,1-4H3. The van der Waals surface area contributed by atoms with Crippen LogP contribution in [-0.4, -0.2) is 41.7 Å². The molecule has 0 bridgehead atoms. The fourth-order valence-corrected chi connectivity index (χ4v) is 4.51. The second kappa shape index (κ2) is 8.06. The zero-order valence-electron chi connectivity index (χ0n) is 19.0. The van der Waals surface area contributed by atoms with Crippen LogP contribution in [0, 0.1) is 18.8 Å². The third kappa shape index (κ3) is 3.84. The first-order valence-corrected chi connectivity index (χ1v) is 11.5. The van der Waals surface area contributed by atoms with E-state index in [9.17, 15) is 0 Å². The van der Waals surface area contributed by atoms with Gasteiger partial charge in [0.2, 0.25) is 0 Å². The van der Waals surface area contributed by atoms with E-state index in [4.69, 9.17) is 19.4 Å². The van der Waals surface area contributed by atoms with E-state index in [-0.39, 0.29) is 0 Å². The molecule has 3 aromatic rings. The molecule has 2 aliphatic carbocycles. The number of ether oxygens (including phenoxy) is 2. The molecule has 0 saturated heterocycles. The number of methoxy groups -OCH3 is 2. The van der Waals surface area contributed by atoms with Gasteiger partial charge in [0.05, 0.1) is 25.5 Å². The lowest BCUT2D eigenvalue weighted by atomic mass is 10.1. The van der Waals surface area contributed by atoms with Crippen molar-refractivity contribution in [2.75, 3.05) is 32.2 Å². The van der Waals surface area contributed by atoms with E-state index in [1.54, 1.807) is 14.2 Å². The Morgan fingerprint density at radius 3 is 2.16 bits per heavy atom. The maximum atomic E-state index is 5.74. The van der Waals surface area contributed by atoms with Crippen molar-refractivity contribution >= 4 is 11.5 Å². The number of benzene rings is 1. The Morgan fingerprint density at radius 2 is 1.65 bits per heavy atom. The smallest absolute Gasteiger partial charge is 0.165 e. The Morgan fingerprint density at radius 1 is 1.03 bits per heavy atom. The monoisotopic (exact) mass is 420 g/mol. The maximum absolute atomic E-state index is 5.74. The molecule has 2 aromatic heterocycles. The van der Waals surface area contributed by atoms with Crippen molar-refractivity contribution in [3.05, 3.63) is 35.8 Å². The first kappa shape index (κ1) is 20.2. The number of hydrogen-bond acceptors (Lipinski definition) is 5. The molecule has 0 spiro atoms. The van der Waals surface area contributed by atoms with Crippen molar-refractivity contribution in [3.63, 3.8) is 0 Å². The van der Waals surface area contributed by atoms with Gasteiger partial charge in [-0.15, -0.1) is 0 Å². The Labute approximate surface area is 184 Å². The summed E-state index contributed by atoms with van der Waals surface area (Å²) in [5.74, 6) is 4.41. The molecular weight excluding hydrogens is 388 g/mol. The number of aryl methyl sites for hydroxylation is 2. The summed E-state index contributed by atoms with van der Waals surface area (Å²) in [5.41, 5.74) is 4.75. The van der Waals surface area contributed by atoms with Crippen molar-refractivity contribution in [1.82, 2.24) is 14.4 Å². The summed E-state index contributed by atoms with van der Waals surface area (Å²) in [7, 11) is 3.39. The lowest BCUT2D eigenvalue weighted by Gasteiger charge is -2.25. The van der Waals surface area contributed by atoms with Gasteiger partial charge in [-0.3, -0.25) is 9.38 Å². The van der Waals surface area contributed by atoms with Gasteiger partial charge in [-0.05, 0) is 68.6 Å². The number of hydrogen-bond donors (Lipinski definition) is 0. The first-order chi connectivity index (χ1) is 15.1. The summed E-state index contributed by atoms with van der Waals surface area (Å²) < 4.78 is 13.7. The molecule has 2 fully saturated rings. The second-order valence-corrected chi connectivity index (χ2v) is 9.04. The molecule has 6 heteroatoms. The van der Waals surface area contributed by atoms with Gasteiger partial charge in [-0.25, -0.2) is 4.98 Å². The van der Waals surface area contributed by atoms with Gasteiger partial charge in [-0.2, -0.15) is 0 Å². The molecule has 0 radical (unpaired) electrons. The number of nitrogens with zero attached hydrogens (tertiary/aromatic N) is 4. The Balaban J connectivity index is 1.69. The van der Waals surface area contributed by atoms with E-state index in [1.807, 2.05) is 25.3 Å². The number of rotatable bonds is 9. The molecule has 0 N–H and O–H groups in total. The van der Waals surface area contributed by atoms with Crippen LogP contribution in [0.15, 0.2) is 24.5 Å². The predicted octanol–water partition coefficient (Wildman–Crippen LogP) is 4.91. The zero-order chi connectivity index (χ0) is 21.5. The van der Waals surface area contributed by atoms with E-state index in [1.165, 1.54) is 31.5 Å². The molecule has 0 amide bonds. The topological polar surface area (TPSA) is 51.9 Å². The summed E-state index contributed by atoms with van der Waals surface area (Å²) in [5, 5.41) is 0. The van der Waals surface area contributed by atoms with Gasteiger partial charge < -0.3 is 14.4 Å². The molecule has 1 aromatic carbocycles. The lowest BCUT2D eigenvalue weighted by Crippen LogP contribution is -2.30. The summed E-state index contributed by atoms with van der Waals surface area (Å²) in [6.07, 6.45) is 10.2. The van der Waals surface area contributed by atoms with Crippen LogP contribution in [0.5, 0.6) is 11.5 Å². The molecule has 2 aliphatic rings. The summed E-state index contributed by atoms with van der Waals surface area (Å²) in [6, 6.07) is 4.06. The predicted molar refractivity (Wildman–Crippen MR) is 123 cm³/mol. The van der Waals surface area contributed by atoms with Crippen molar-refractivity contribution < 1.29 is 9.47 Å². The molecule has 0 unspecified atom stereocenters. The van der Waals surface area contributed by atoms with Gasteiger partial charge in [0.25, 0.3) is 0 Å². The Bertz CT molecular complexity index is 1060. The average Bonchev–Trinajstić information content (AvgIpc) is 3.71. The van der Waals surface area contributed by atoms with Crippen molar-refractivity contribution in [2.45, 2.75) is 46.0 Å². The van der Waals surface area contributed by atoms with Crippen LogP contribution in [-0.2, 0) is 6.42 Å². The number of fused-ring (bicyclic) bond motifs is 1. The van der Waals surface area contributed by atoms with Gasteiger partial charge in [0.1, 0.15) is 23.0 Å². The highest BCUT2D eigenvalue weighted by molar-refractivity contribution is 5.84. The van der Waals surface area contributed by atoms with Crippen LogP contribution in [0.3, 0.4) is 0 Å². The van der Waals surface area contributed by atoms with Crippen LogP contribution in [0.4, 0.5) is 5.82 Å². The van der Waals surface area contributed by atoms with E-state index in [0.29, 0.717) is 0 Å². The highest BCUT2D eigenvalue weighted by atomic mass is 16.5. The maximum Gasteiger partial charge on any atom is 0.165 e. The fraction of sp³-hybridized carbons (Fsp3) is 0.520. The van der Waals surface area contributed by atoms with Crippen molar-refractivity contribution in [1.29, 1.82) is 0 Å². The highest BCUT2D eigenvalue weighted by Gasteiger charge is 2.32. The number of aromatic nitrogens is 3.